The van der Waals surface area contributed by atoms with Gasteiger partial charge in [0.1, 0.15) is 0 Å². The van der Waals surface area contributed by atoms with Crippen molar-refractivity contribution in [3.63, 3.8) is 0 Å². The van der Waals surface area contributed by atoms with E-state index in [-0.39, 0.29) is 5.91 Å². The van der Waals surface area contributed by atoms with E-state index in [0.717, 1.165) is 37.2 Å². The first-order valence-electron chi connectivity index (χ1n) is 7.64. The van der Waals surface area contributed by atoms with Gasteiger partial charge in [0.25, 0.3) is 5.91 Å². The Balaban J connectivity index is 1.57. The second-order valence-electron chi connectivity index (χ2n) is 5.67. The number of halogens is 2. The van der Waals surface area contributed by atoms with Crippen molar-refractivity contribution in [3.05, 3.63) is 69.2 Å². The van der Waals surface area contributed by atoms with Crippen molar-refractivity contribution in [2.45, 2.75) is 6.54 Å². The lowest BCUT2D eigenvalue weighted by atomic mass is 10.1. The number of benzene rings is 2. The van der Waals surface area contributed by atoms with Gasteiger partial charge in [-0.25, -0.2) is 0 Å². The van der Waals surface area contributed by atoms with E-state index < -0.39 is 0 Å². The third-order valence-electron chi connectivity index (χ3n) is 4.08. The molecule has 3 nitrogen and oxygen atoms in total. The van der Waals surface area contributed by atoms with Crippen LogP contribution in [0.15, 0.2) is 53.0 Å². The lowest BCUT2D eigenvalue weighted by Crippen LogP contribution is -2.48. The van der Waals surface area contributed by atoms with Crippen molar-refractivity contribution in [1.82, 2.24) is 9.80 Å². The van der Waals surface area contributed by atoms with E-state index in [9.17, 15) is 4.79 Å². The molecule has 1 amide bonds. The Bertz CT molecular complexity index is 682. The molecule has 0 aliphatic carbocycles. The molecule has 0 saturated carbocycles. The van der Waals surface area contributed by atoms with Crippen molar-refractivity contribution in [2.75, 3.05) is 26.2 Å². The number of carbonyl (C=O) groups excluding carboxylic acids is 1. The van der Waals surface area contributed by atoms with Gasteiger partial charge in [0.2, 0.25) is 0 Å². The topological polar surface area (TPSA) is 23.6 Å². The molecular formula is C18H18BrClN2O. The number of nitrogens with zero attached hydrogens (tertiary/aromatic N) is 2. The van der Waals surface area contributed by atoms with Gasteiger partial charge in [0.05, 0.1) is 10.6 Å². The maximum absolute atomic E-state index is 12.5. The van der Waals surface area contributed by atoms with Crippen LogP contribution in [0.4, 0.5) is 0 Å². The van der Waals surface area contributed by atoms with Crippen molar-refractivity contribution in [1.29, 1.82) is 0 Å². The highest BCUT2D eigenvalue weighted by Gasteiger charge is 2.23. The smallest absolute Gasteiger partial charge is 0.255 e. The highest BCUT2D eigenvalue weighted by atomic mass is 79.9. The summed E-state index contributed by atoms with van der Waals surface area (Å²) in [6, 6.07) is 15.6. The van der Waals surface area contributed by atoms with Crippen LogP contribution < -0.4 is 0 Å². The number of hydrogen-bond acceptors (Lipinski definition) is 2. The summed E-state index contributed by atoms with van der Waals surface area (Å²) in [7, 11) is 0. The highest BCUT2D eigenvalue weighted by Crippen LogP contribution is 2.19. The van der Waals surface area contributed by atoms with Crippen LogP contribution in [0.3, 0.4) is 0 Å². The summed E-state index contributed by atoms with van der Waals surface area (Å²) in [5.41, 5.74) is 1.88. The summed E-state index contributed by atoms with van der Waals surface area (Å²) in [4.78, 5) is 16.8. The first kappa shape index (κ1) is 16.5. The Hall–Kier alpha value is -1.36. The van der Waals surface area contributed by atoms with Crippen LogP contribution in [-0.2, 0) is 6.54 Å². The molecule has 1 saturated heterocycles. The summed E-state index contributed by atoms with van der Waals surface area (Å²) >= 11 is 9.58. The van der Waals surface area contributed by atoms with Crippen LogP contribution in [0.25, 0.3) is 0 Å². The van der Waals surface area contributed by atoms with Crippen LogP contribution in [0.1, 0.15) is 15.9 Å². The Kier molecular flexibility index (Phi) is 5.36. The summed E-state index contributed by atoms with van der Waals surface area (Å²) in [5.74, 6) is 0.0268. The first-order chi connectivity index (χ1) is 11.1. The van der Waals surface area contributed by atoms with E-state index in [2.05, 4.69) is 45.1 Å². The van der Waals surface area contributed by atoms with Crippen molar-refractivity contribution in [2.24, 2.45) is 0 Å². The third kappa shape index (κ3) is 4.14. The van der Waals surface area contributed by atoms with E-state index in [1.165, 1.54) is 5.56 Å². The third-order valence-corrected chi connectivity index (χ3v) is 4.94. The largest absolute Gasteiger partial charge is 0.336 e. The van der Waals surface area contributed by atoms with Gasteiger partial charge in [-0.2, -0.15) is 0 Å². The predicted octanol–water partition coefficient (Wildman–Crippen LogP) is 4.06. The molecular weight excluding hydrogens is 376 g/mol. The van der Waals surface area contributed by atoms with Gasteiger partial charge in [-0.1, -0.05) is 51.8 Å². The van der Waals surface area contributed by atoms with E-state index in [1.54, 1.807) is 12.1 Å². The zero-order chi connectivity index (χ0) is 16.2. The van der Waals surface area contributed by atoms with E-state index in [0.29, 0.717) is 10.6 Å². The second kappa shape index (κ2) is 7.47. The fraction of sp³-hybridized carbons (Fsp3) is 0.278. The maximum Gasteiger partial charge on any atom is 0.255 e. The normalized spacial score (nSPS) is 15.7. The van der Waals surface area contributed by atoms with Gasteiger partial charge in [0.15, 0.2) is 0 Å². The first-order valence-corrected chi connectivity index (χ1v) is 8.81. The Morgan fingerprint density at radius 1 is 1.00 bits per heavy atom. The molecule has 2 aromatic rings. The van der Waals surface area contributed by atoms with Gasteiger partial charge in [-0.05, 0) is 29.8 Å². The molecule has 0 bridgehead atoms. The van der Waals surface area contributed by atoms with Crippen molar-refractivity contribution in [3.8, 4) is 0 Å². The van der Waals surface area contributed by atoms with Crippen molar-refractivity contribution < 1.29 is 4.79 Å². The fourth-order valence-corrected chi connectivity index (χ4v) is 3.24. The molecule has 120 valence electrons. The Labute approximate surface area is 150 Å². The summed E-state index contributed by atoms with van der Waals surface area (Å²) in [5, 5.41) is 0.523. The van der Waals surface area contributed by atoms with Crippen LogP contribution in [0, 0.1) is 0 Å². The average molecular weight is 394 g/mol. The lowest BCUT2D eigenvalue weighted by Gasteiger charge is -2.35. The lowest BCUT2D eigenvalue weighted by molar-refractivity contribution is 0.0628. The quantitative estimate of drug-likeness (QED) is 0.785. The van der Waals surface area contributed by atoms with Gasteiger partial charge in [-0.3, -0.25) is 9.69 Å². The highest BCUT2D eigenvalue weighted by molar-refractivity contribution is 9.10. The SMILES string of the molecule is O=C(c1ccccc1Cl)N1CCN(Cc2ccc(Br)cc2)CC1. The minimum absolute atomic E-state index is 0.0268. The monoisotopic (exact) mass is 392 g/mol. The molecule has 0 aromatic heterocycles. The van der Waals surface area contributed by atoms with Crippen LogP contribution in [0.2, 0.25) is 5.02 Å². The molecule has 1 heterocycles. The zero-order valence-electron chi connectivity index (χ0n) is 12.7. The molecule has 0 unspecified atom stereocenters. The average Bonchev–Trinajstić information content (AvgIpc) is 2.57. The maximum atomic E-state index is 12.5. The molecule has 2 aromatic carbocycles. The molecule has 0 radical (unpaired) electrons. The van der Waals surface area contributed by atoms with Crippen LogP contribution in [-0.4, -0.2) is 41.9 Å². The number of carbonyl (C=O) groups is 1. The molecule has 1 aliphatic heterocycles. The zero-order valence-corrected chi connectivity index (χ0v) is 15.1. The molecule has 1 aliphatic rings. The van der Waals surface area contributed by atoms with Crippen LogP contribution in [0.5, 0.6) is 0 Å². The van der Waals surface area contributed by atoms with Gasteiger partial charge >= 0.3 is 0 Å². The van der Waals surface area contributed by atoms with Crippen LogP contribution >= 0.6 is 27.5 Å². The summed E-state index contributed by atoms with van der Waals surface area (Å²) < 4.78 is 1.09. The summed E-state index contributed by atoms with van der Waals surface area (Å²) in [6.45, 7) is 4.15. The predicted molar refractivity (Wildman–Crippen MR) is 96.8 cm³/mol. The Morgan fingerprint density at radius 3 is 2.30 bits per heavy atom. The van der Waals surface area contributed by atoms with Gasteiger partial charge in [-0.15, -0.1) is 0 Å². The molecule has 23 heavy (non-hydrogen) atoms. The minimum Gasteiger partial charge on any atom is -0.336 e. The summed E-state index contributed by atoms with van der Waals surface area (Å²) in [6.07, 6.45) is 0. The number of hydrogen-bond donors (Lipinski definition) is 0. The van der Waals surface area contributed by atoms with Gasteiger partial charge in [0, 0.05) is 37.2 Å². The molecule has 0 N–H and O–H groups in total. The molecule has 3 rings (SSSR count). The molecule has 0 spiro atoms. The molecule has 0 atom stereocenters. The number of rotatable bonds is 3. The molecule has 1 fully saturated rings. The van der Waals surface area contributed by atoms with Crippen molar-refractivity contribution >= 4 is 33.4 Å². The minimum atomic E-state index is 0.0268. The van der Waals surface area contributed by atoms with E-state index in [1.807, 2.05) is 17.0 Å². The standard InChI is InChI=1S/C18H18BrClN2O/c19-15-7-5-14(6-8-15)13-21-9-11-22(12-10-21)18(23)16-3-1-2-4-17(16)20/h1-8H,9-13H2. The Morgan fingerprint density at radius 2 is 1.65 bits per heavy atom. The fourth-order valence-electron chi connectivity index (χ4n) is 2.76. The van der Waals surface area contributed by atoms with E-state index in [4.69, 9.17) is 11.6 Å². The number of amides is 1. The number of piperazine rings is 1. The molecule has 5 heteroatoms. The second-order valence-corrected chi connectivity index (χ2v) is 7.00. The van der Waals surface area contributed by atoms with E-state index >= 15 is 0 Å². The van der Waals surface area contributed by atoms with Gasteiger partial charge < -0.3 is 4.90 Å².